The summed E-state index contributed by atoms with van der Waals surface area (Å²) in [5.74, 6) is -1.56. The SMILES string of the molecule is O=C1c2ccccc2C(=O)N1c1ccc([N+](=O)[O-])c(C(F)(F)F)c1. The molecule has 9 heteroatoms. The van der Waals surface area contributed by atoms with Gasteiger partial charge in [0.15, 0.2) is 0 Å². The second-order valence-electron chi connectivity index (χ2n) is 4.95. The predicted octanol–water partition coefficient (Wildman–Crippen LogP) is 3.41. The molecule has 0 radical (unpaired) electrons. The number of halogens is 3. The van der Waals surface area contributed by atoms with Gasteiger partial charge < -0.3 is 0 Å². The number of carbonyl (C=O) groups excluding carboxylic acids is 2. The molecule has 0 bridgehead atoms. The van der Waals surface area contributed by atoms with Crippen LogP contribution in [0.25, 0.3) is 0 Å². The highest BCUT2D eigenvalue weighted by Crippen LogP contribution is 2.39. The molecule has 0 fully saturated rings. The van der Waals surface area contributed by atoms with Gasteiger partial charge in [-0.2, -0.15) is 13.2 Å². The van der Waals surface area contributed by atoms with Gasteiger partial charge in [0.25, 0.3) is 17.5 Å². The average Bonchev–Trinajstić information content (AvgIpc) is 2.78. The molecule has 0 spiro atoms. The maximum Gasteiger partial charge on any atom is 0.423 e. The van der Waals surface area contributed by atoms with Crippen LogP contribution in [0.15, 0.2) is 42.5 Å². The topological polar surface area (TPSA) is 80.5 Å². The number of hydrogen-bond donors (Lipinski definition) is 0. The zero-order chi connectivity index (χ0) is 17.6. The predicted molar refractivity (Wildman–Crippen MR) is 75.7 cm³/mol. The van der Waals surface area contributed by atoms with Gasteiger partial charge in [0, 0.05) is 6.07 Å². The van der Waals surface area contributed by atoms with E-state index >= 15 is 0 Å². The van der Waals surface area contributed by atoms with Crippen LogP contribution < -0.4 is 4.90 Å². The molecule has 1 aliphatic rings. The van der Waals surface area contributed by atoms with E-state index in [9.17, 15) is 32.9 Å². The van der Waals surface area contributed by atoms with Crippen molar-refractivity contribution in [3.63, 3.8) is 0 Å². The van der Waals surface area contributed by atoms with Crippen molar-refractivity contribution < 1.29 is 27.7 Å². The van der Waals surface area contributed by atoms with Gasteiger partial charge in [-0.1, -0.05) is 12.1 Å². The normalized spacial score (nSPS) is 14.0. The van der Waals surface area contributed by atoms with Gasteiger partial charge in [0.1, 0.15) is 5.56 Å². The highest BCUT2D eigenvalue weighted by atomic mass is 19.4. The summed E-state index contributed by atoms with van der Waals surface area (Å²) >= 11 is 0. The first-order valence-corrected chi connectivity index (χ1v) is 6.55. The molecule has 6 nitrogen and oxygen atoms in total. The Morgan fingerprint density at radius 2 is 1.50 bits per heavy atom. The maximum atomic E-state index is 13.0. The number of carbonyl (C=O) groups is 2. The van der Waals surface area contributed by atoms with E-state index in [1.165, 1.54) is 24.3 Å². The Bertz CT molecular complexity index is 858. The number of hydrogen-bond acceptors (Lipinski definition) is 4. The van der Waals surface area contributed by atoms with Gasteiger partial charge in [-0.05, 0) is 24.3 Å². The van der Waals surface area contributed by atoms with E-state index in [4.69, 9.17) is 0 Å². The molecule has 24 heavy (non-hydrogen) atoms. The molecule has 0 aliphatic carbocycles. The monoisotopic (exact) mass is 336 g/mol. The number of benzene rings is 2. The van der Waals surface area contributed by atoms with Crippen LogP contribution >= 0.6 is 0 Å². The fraction of sp³-hybridized carbons (Fsp3) is 0.0667. The van der Waals surface area contributed by atoms with Crippen LogP contribution in [0.5, 0.6) is 0 Å². The van der Waals surface area contributed by atoms with Crippen molar-refractivity contribution in [2.24, 2.45) is 0 Å². The van der Waals surface area contributed by atoms with E-state index in [1.54, 1.807) is 0 Å². The molecule has 0 aromatic heterocycles. The highest BCUT2D eigenvalue weighted by Gasteiger charge is 2.41. The standard InChI is InChI=1S/C15H7F3N2O4/c16-15(17,18)11-7-8(5-6-12(11)20(23)24)19-13(21)9-3-1-2-4-10(9)14(19)22/h1-7H. The van der Waals surface area contributed by atoms with E-state index in [1.807, 2.05) is 0 Å². The molecule has 2 aromatic carbocycles. The minimum atomic E-state index is -5.00. The third kappa shape index (κ3) is 2.30. The van der Waals surface area contributed by atoms with Gasteiger partial charge in [0.05, 0.1) is 21.7 Å². The Morgan fingerprint density at radius 1 is 0.958 bits per heavy atom. The van der Waals surface area contributed by atoms with Crippen LogP contribution in [0.2, 0.25) is 0 Å². The summed E-state index contributed by atoms with van der Waals surface area (Å²) in [7, 11) is 0. The van der Waals surface area contributed by atoms with Gasteiger partial charge in [-0.3, -0.25) is 19.7 Å². The highest BCUT2D eigenvalue weighted by molar-refractivity contribution is 6.34. The van der Waals surface area contributed by atoms with Crippen molar-refractivity contribution >= 4 is 23.2 Å². The van der Waals surface area contributed by atoms with Crippen LogP contribution in [0.4, 0.5) is 24.5 Å². The van der Waals surface area contributed by atoms with E-state index in [0.717, 1.165) is 6.07 Å². The first-order valence-electron chi connectivity index (χ1n) is 6.55. The summed E-state index contributed by atoms with van der Waals surface area (Å²) in [6.45, 7) is 0. The molecular weight excluding hydrogens is 329 g/mol. The molecule has 3 rings (SSSR count). The molecular formula is C15H7F3N2O4. The largest absolute Gasteiger partial charge is 0.423 e. The lowest BCUT2D eigenvalue weighted by Gasteiger charge is -2.16. The van der Waals surface area contributed by atoms with E-state index in [2.05, 4.69) is 0 Å². The quantitative estimate of drug-likeness (QED) is 0.478. The average molecular weight is 336 g/mol. The number of amides is 2. The Labute approximate surface area is 132 Å². The Balaban J connectivity index is 2.14. The zero-order valence-corrected chi connectivity index (χ0v) is 11.7. The number of alkyl halides is 3. The lowest BCUT2D eigenvalue weighted by atomic mass is 10.1. The Hall–Kier alpha value is -3.23. The molecule has 122 valence electrons. The zero-order valence-electron chi connectivity index (χ0n) is 11.7. The fourth-order valence-electron chi connectivity index (χ4n) is 2.47. The number of rotatable bonds is 2. The number of nitro groups is 1. The summed E-state index contributed by atoms with van der Waals surface area (Å²) in [5, 5.41) is 10.8. The summed E-state index contributed by atoms with van der Waals surface area (Å²) in [6.07, 6.45) is -5.00. The molecule has 0 saturated carbocycles. The number of nitro benzene ring substituents is 1. The molecule has 0 saturated heterocycles. The molecule has 2 aromatic rings. The molecule has 0 N–H and O–H groups in total. The second-order valence-corrected chi connectivity index (χ2v) is 4.95. The second kappa shape index (κ2) is 5.15. The van der Waals surface area contributed by atoms with Crippen LogP contribution in [-0.4, -0.2) is 16.7 Å². The van der Waals surface area contributed by atoms with Gasteiger partial charge in [0.2, 0.25) is 0 Å². The first-order chi connectivity index (χ1) is 11.2. The smallest absolute Gasteiger partial charge is 0.268 e. The van der Waals surface area contributed by atoms with Gasteiger partial charge in [-0.15, -0.1) is 0 Å². The van der Waals surface area contributed by atoms with Crippen molar-refractivity contribution in [1.29, 1.82) is 0 Å². The van der Waals surface area contributed by atoms with Gasteiger partial charge in [-0.25, -0.2) is 4.90 Å². The minimum Gasteiger partial charge on any atom is -0.268 e. The fourth-order valence-corrected chi connectivity index (χ4v) is 2.47. The summed E-state index contributed by atoms with van der Waals surface area (Å²) in [5.41, 5.74) is -2.92. The molecule has 0 unspecified atom stereocenters. The lowest BCUT2D eigenvalue weighted by Crippen LogP contribution is -2.29. The van der Waals surface area contributed by atoms with Crippen molar-refractivity contribution in [3.05, 3.63) is 69.3 Å². The molecule has 1 aliphatic heterocycles. The van der Waals surface area contributed by atoms with Crippen LogP contribution in [0.1, 0.15) is 26.3 Å². The number of fused-ring (bicyclic) bond motifs is 1. The Morgan fingerprint density at radius 3 is 1.96 bits per heavy atom. The van der Waals surface area contributed by atoms with Crippen molar-refractivity contribution in [2.75, 3.05) is 4.90 Å². The number of imide groups is 1. The van der Waals surface area contributed by atoms with Crippen LogP contribution in [0.3, 0.4) is 0 Å². The Kier molecular flexibility index (Phi) is 3.36. The number of anilines is 1. The molecule has 2 amide bonds. The van der Waals surface area contributed by atoms with E-state index in [-0.39, 0.29) is 16.8 Å². The third-order valence-corrected chi connectivity index (χ3v) is 3.53. The third-order valence-electron chi connectivity index (χ3n) is 3.53. The van der Waals surface area contributed by atoms with Crippen molar-refractivity contribution in [1.82, 2.24) is 0 Å². The first kappa shape index (κ1) is 15.7. The summed E-state index contributed by atoms with van der Waals surface area (Å²) in [6, 6.07) is 7.79. The van der Waals surface area contributed by atoms with Crippen molar-refractivity contribution in [3.8, 4) is 0 Å². The number of nitrogens with zero attached hydrogens (tertiary/aromatic N) is 2. The molecule has 0 atom stereocenters. The van der Waals surface area contributed by atoms with E-state index < -0.39 is 34.2 Å². The van der Waals surface area contributed by atoms with Gasteiger partial charge >= 0.3 is 6.18 Å². The van der Waals surface area contributed by atoms with Crippen LogP contribution in [-0.2, 0) is 6.18 Å². The summed E-state index contributed by atoms with van der Waals surface area (Å²) in [4.78, 5) is 34.7. The van der Waals surface area contributed by atoms with Crippen LogP contribution in [0, 0.1) is 10.1 Å². The lowest BCUT2D eigenvalue weighted by molar-refractivity contribution is -0.388. The maximum absolute atomic E-state index is 13.0. The van der Waals surface area contributed by atoms with Crippen molar-refractivity contribution in [2.45, 2.75) is 6.18 Å². The van der Waals surface area contributed by atoms with E-state index in [0.29, 0.717) is 17.0 Å². The minimum absolute atomic E-state index is 0.0643. The molecule has 1 heterocycles. The summed E-state index contributed by atoms with van der Waals surface area (Å²) < 4.78 is 39.1.